The van der Waals surface area contributed by atoms with Gasteiger partial charge in [-0.25, -0.2) is 0 Å². The molecule has 0 aliphatic carbocycles. The second kappa shape index (κ2) is 7.46. The first-order valence-corrected chi connectivity index (χ1v) is 7.86. The van der Waals surface area contributed by atoms with E-state index < -0.39 is 0 Å². The fourth-order valence-corrected chi connectivity index (χ4v) is 2.62. The molecule has 0 saturated carbocycles. The summed E-state index contributed by atoms with van der Waals surface area (Å²) in [6, 6.07) is 7.84. The molecule has 0 radical (unpaired) electrons. The summed E-state index contributed by atoms with van der Waals surface area (Å²) in [6.45, 7) is 9.55. The molecule has 1 atom stereocenters. The lowest BCUT2D eigenvalue weighted by Crippen LogP contribution is -2.41. The Morgan fingerprint density at radius 1 is 1.48 bits per heavy atom. The Morgan fingerprint density at radius 2 is 2.29 bits per heavy atom. The van der Waals surface area contributed by atoms with Crippen LogP contribution in [0.15, 0.2) is 24.3 Å². The zero-order valence-electron chi connectivity index (χ0n) is 13.3. The van der Waals surface area contributed by atoms with Crippen LogP contribution >= 0.6 is 0 Å². The second-order valence-corrected chi connectivity index (χ2v) is 5.97. The van der Waals surface area contributed by atoms with E-state index in [0.29, 0.717) is 24.1 Å². The molecule has 1 amide bonds. The minimum Gasteiger partial charge on any atom is -0.493 e. The van der Waals surface area contributed by atoms with Crippen molar-refractivity contribution in [2.75, 3.05) is 26.2 Å². The number of benzene rings is 1. The van der Waals surface area contributed by atoms with Crippen LogP contribution in [0.4, 0.5) is 0 Å². The third-order valence-electron chi connectivity index (χ3n) is 3.74. The lowest BCUT2D eigenvalue weighted by Gasteiger charge is -2.27. The van der Waals surface area contributed by atoms with Gasteiger partial charge in [0.05, 0.1) is 6.61 Å². The molecular weight excluding hydrogens is 264 g/mol. The average molecular weight is 290 g/mol. The monoisotopic (exact) mass is 290 g/mol. The summed E-state index contributed by atoms with van der Waals surface area (Å²) in [6.07, 6.45) is 1.03. The molecule has 1 aromatic rings. The molecule has 4 nitrogen and oxygen atoms in total. The first-order valence-electron chi connectivity index (χ1n) is 7.86. The number of likely N-dealkylation sites (N-methyl/N-ethyl adjacent to an activating group) is 1. The van der Waals surface area contributed by atoms with Crippen LogP contribution in [-0.2, 0) is 0 Å². The lowest BCUT2D eigenvalue weighted by molar-refractivity contribution is 0.0703. The number of hydrogen-bond acceptors (Lipinski definition) is 3. The van der Waals surface area contributed by atoms with Crippen LogP contribution in [0.3, 0.4) is 0 Å². The van der Waals surface area contributed by atoms with Crippen LogP contribution in [0.5, 0.6) is 5.75 Å². The molecule has 1 unspecified atom stereocenters. The van der Waals surface area contributed by atoms with Gasteiger partial charge in [0.1, 0.15) is 5.75 Å². The van der Waals surface area contributed by atoms with E-state index >= 15 is 0 Å². The Hall–Kier alpha value is -1.55. The molecule has 1 aliphatic heterocycles. The Bertz CT molecular complexity index is 468. The molecule has 1 N–H and O–H groups in total. The van der Waals surface area contributed by atoms with E-state index in [4.69, 9.17) is 4.74 Å². The number of nitrogens with zero attached hydrogens (tertiary/aromatic N) is 1. The third kappa shape index (κ3) is 4.21. The lowest BCUT2D eigenvalue weighted by atomic mass is 10.1. The number of rotatable bonds is 6. The number of nitrogens with one attached hydrogen (secondary N) is 1. The number of amides is 1. The predicted octanol–water partition coefficient (Wildman–Crippen LogP) is 2.55. The van der Waals surface area contributed by atoms with Crippen LogP contribution < -0.4 is 10.1 Å². The number of carbonyl (C=O) groups excluding carboxylic acids is 1. The SMILES string of the molecule is CCN(C(=O)c1cccc(OCC(C)C)c1)C1CCNC1. The van der Waals surface area contributed by atoms with Gasteiger partial charge in [-0.15, -0.1) is 0 Å². The van der Waals surface area contributed by atoms with Gasteiger partial charge in [-0.2, -0.15) is 0 Å². The van der Waals surface area contributed by atoms with Crippen molar-refractivity contribution in [3.05, 3.63) is 29.8 Å². The topological polar surface area (TPSA) is 41.6 Å². The van der Waals surface area contributed by atoms with Crippen LogP contribution in [0.25, 0.3) is 0 Å². The quantitative estimate of drug-likeness (QED) is 0.875. The minimum absolute atomic E-state index is 0.0983. The van der Waals surface area contributed by atoms with Crippen molar-refractivity contribution in [3.8, 4) is 5.75 Å². The van der Waals surface area contributed by atoms with Gasteiger partial charge >= 0.3 is 0 Å². The summed E-state index contributed by atoms with van der Waals surface area (Å²) < 4.78 is 5.71. The molecule has 0 spiro atoms. The fraction of sp³-hybridized carbons (Fsp3) is 0.588. The van der Waals surface area contributed by atoms with E-state index in [1.165, 1.54) is 0 Å². The maximum atomic E-state index is 12.7. The van der Waals surface area contributed by atoms with Crippen LogP contribution in [0.1, 0.15) is 37.6 Å². The molecule has 2 rings (SSSR count). The molecule has 0 aromatic heterocycles. The van der Waals surface area contributed by atoms with Crippen molar-refractivity contribution in [1.82, 2.24) is 10.2 Å². The fourth-order valence-electron chi connectivity index (χ4n) is 2.62. The average Bonchev–Trinajstić information content (AvgIpc) is 3.00. The summed E-state index contributed by atoms with van der Waals surface area (Å²) in [4.78, 5) is 14.7. The van der Waals surface area contributed by atoms with E-state index in [0.717, 1.165) is 31.8 Å². The minimum atomic E-state index is 0.0983. The summed E-state index contributed by atoms with van der Waals surface area (Å²) in [5, 5.41) is 3.32. The summed E-state index contributed by atoms with van der Waals surface area (Å²) >= 11 is 0. The summed E-state index contributed by atoms with van der Waals surface area (Å²) in [5.41, 5.74) is 0.713. The molecule has 0 bridgehead atoms. The Balaban J connectivity index is 2.08. The normalized spacial score (nSPS) is 18.0. The Morgan fingerprint density at radius 3 is 2.90 bits per heavy atom. The van der Waals surface area contributed by atoms with Crippen molar-refractivity contribution < 1.29 is 9.53 Å². The van der Waals surface area contributed by atoms with E-state index in [-0.39, 0.29) is 5.91 Å². The molecule has 21 heavy (non-hydrogen) atoms. The summed E-state index contributed by atoms with van der Waals surface area (Å²) in [5.74, 6) is 1.34. The molecule has 1 saturated heterocycles. The van der Waals surface area contributed by atoms with Gasteiger partial charge in [-0.3, -0.25) is 4.79 Å². The summed E-state index contributed by atoms with van der Waals surface area (Å²) in [7, 11) is 0. The molecule has 4 heteroatoms. The largest absolute Gasteiger partial charge is 0.493 e. The van der Waals surface area contributed by atoms with Gasteiger partial charge < -0.3 is 15.0 Å². The smallest absolute Gasteiger partial charge is 0.254 e. The van der Waals surface area contributed by atoms with Crippen molar-refractivity contribution in [3.63, 3.8) is 0 Å². The molecule has 1 fully saturated rings. The van der Waals surface area contributed by atoms with Gasteiger partial charge in [0.2, 0.25) is 0 Å². The van der Waals surface area contributed by atoms with Gasteiger partial charge in [0.15, 0.2) is 0 Å². The highest BCUT2D eigenvalue weighted by molar-refractivity contribution is 5.94. The molecule has 1 aliphatic rings. The van der Waals surface area contributed by atoms with Crippen molar-refractivity contribution in [2.24, 2.45) is 5.92 Å². The zero-order valence-corrected chi connectivity index (χ0v) is 13.3. The number of hydrogen-bond donors (Lipinski definition) is 1. The molecule has 1 heterocycles. The first kappa shape index (κ1) is 15.8. The second-order valence-electron chi connectivity index (χ2n) is 5.97. The van der Waals surface area contributed by atoms with E-state index in [9.17, 15) is 4.79 Å². The highest BCUT2D eigenvalue weighted by atomic mass is 16.5. The zero-order chi connectivity index (χ0) is 15.2. The van der Waals surface area contributed by atoms with Gasteiger partial charge in [-0.05, 0) is 44.0 Å². The van der Waals surface area contributed by atoms with E-state index in [2.05, 4.69) is 19.2 Å². The molecular formula is C17H26N2O2. The van der Waals surface area contributed by atoms with Crippen LogP contribution in [0.2, 0.25) is 0 Å². The van der Waals surface area contributed by atoms with Gasteiger partial charge in [0.25, 0.3) is 5.91 Å². The number of ether oxygens (including phenoxy) is 1. The van der Waals surface area contributed by atoms with Crippen molar-refractivity contribution >= 4 is 5.91 Å². The predicted molar refractivity (Wildman–Crippen MR) is 84.8 cm³/mol. The number of carbonyl (C=O) groups is 1. The van der Waals surface area contributed by atoms with Crippen LogP contribution in [-0.4, -0.2) is 43.1 Å². The van der Waals surface area contributed by atoms with E-state index in [1.807, 2.05) is 36.1 Å². The highest BCUT2D eigenvalue weighted by Crippen LogP contribution is 2.18. The van der Waals surface area contributed by atoms with Crippen LogP contribution in [0, 0.1) is 5.92 Å². The highest BCUT2D eigenvalue weighted by Gasteiger charge is 2.26. The van der Waals surface area contributed by atoms with Gasteiger partial charge in [0, 0.05) is 24.7 Å². The van der Waals surface area contributed by atoms with E-state index in [1.54, 1.807) is 0 Å². The van der Waals surface area contributed by atoms with Crippen molar-refractivity contribution in [1.29, 1.82) is 0 Å². The maximum Gasteiger partial charge on any atom is 0.254 e. The third-order valence-corrected chi connectivity index (χ3v) is 3.74. The Kier molecular flexibility index (Phi) is 5.62. The standard InChI is InChI=1S/C17H26N2O2/c1-4-19(15-8-9-18-11-15)17(20)14-6-5-7-16(10-14)21-12-13(2)3/h5-7,10,13,15,18H,4,8-9,11-12H2,1-3H3. The molecule has 116 valence electrons. The first-order chi connectivity index (χ1) is 10.1. The van der Waals surface area contributed by atoms with Gasteiger partial charge in [-0.1, -0.05) is 19.9 Å². The maximum absolute atomic E-state index is 12.7. The Labute approximate surface area is 127 Å². The molecule has 1 aromatic carbocycles. The van der Waals surface area contributed by atoms with Crippen molar-refractivity contribution in [2.45, 2.75) is 33.2 Å².